The van der Waals surface area contributed by atoms with Gasteiger partial charge in [-0.15, -0.1) is 0 Å². The highest BCUT2D eigenvalue weighted by Crippen LogP contribution is 2.34. The van der Waals surface area contributed by atoms with Gasteiger partial charge in [0.25, 0.3) is 0 Å². The third kappa shape index (κ3) is 5.46. The third-order valence-electron chi connectivity index (χ3n) is 5.25. The Kier molecular flexibility index (Phi) is 6.74. The number of likely N-dealkylation sites (tertiary alicyclic amines) is 1. The molecule has 0 spiro atoms. The molecule has 25 heavy (non-hydrogen) atoms. The number of aliphatic imine (C=N–C) groups is 1. The van der Waals surface area contributed by atoms with Crippen LogP contribution in [0.15, 0.2) is 35.3 Å². The third-order valence-corrected chi connectivity index (χ3v) is 5.25. The van der Waals surface area contributed by atoms with Crippen LogP contribution < -0.4 is 5.32 Å². The SMILES string of the molecule is CCCC1CC1NC(=NCC)N1CCC(COCc2ccccc2)C1. The lowest BCUT2D eigenvalue weighted by Crippen LogP contribution is -2.42. The number of benzene rings is 1. The first-order valence-electron chi connectivity index (χ1n) is 9.97. The van der Waals surface area contributed by atoms with E-state index in [1.807, 2.05) is 6.07 Å². The molecule has 1 aliphatic carbocycles. The van der Waals surface area contributed by atoms with Crippen LogP contribution in [-0.4, -0.2) is 43.1 Å². The van der Waals surface area contributed by atoms with Gasteiger partial charge in [0.2, 0.25) is 0 Å². The average Bonchev–Trinajstić information content (AvgIpc) is 3.18. The zero-order chi connectivity index (χ0) is 17.5. The van der Waals surface area contributed by atoms with Crippen molar-refractivity contribution in [1.82, 2.24) is 10.2 Å². The molecule has 1 N–H and O–H groups in total. The van der Waals surface area contributed by atoms with Gasteiger partial charge in [-0.25, -0.2) is 0 Å². The maximum atomic E-state index is 5.95. The molecule has 3 atom stereocenters. The first kappa shape index (κ1) is 18.2. The monoisotopic (exact) mass is 343 g/mol. The van der Waals surface area contributed by atoms with Crippen molar-refractivity contribution in [3.8, 4) is 0 Å². The van der Waals surface area contributed by atoms with E-state index in [1.54, 1.807) is 0 Å². The molecule has 1 aromatic carbocycles. The minimum absolute atomic E-state index is 0.609. The normalized spacial score (nSPS) is 26.1. The molecule has 1 heterocycles. The summed E-state index contributed by atoms with van der Waals surface area (Å²) in [5, 5.41) is 3.71. The van der Waals surface area contributed by atoms with Gasteiger partial charge >= 0.3 is 0 Å². The highest BCUT2D eigenvalue weighted by Gasteiger charge is 2.38. The molecule has 2 fully saturated rings. The predicted octanol–water partition coefficient (Wildman–Crippen LogP) is 3.68. The maximum Gasteiger partial charge on any atom is 0.194 e. The molecule has 4 heteroatoms. The molecule has 0 amide bonds. The van der Waals surface area contributed by atoms with Gasteiger partial charge in [-0.3, -0.25) is 4.99 Å². The van der Waals surface area contributed by atoms with Crippen molar-refractivity contribution in [3.63, 3.8) is 0 Å². The molecule has 138 valence electrons. The number of ether oxygens (including phenoxy) is 1. The lowest BCUT2D eigenvalue weighted by Gasteiger charge is -2.22. The van der Waals surface area contributed by atoms with E-state index in [2.05, 4.69) is 48.3 Å². The van der Waals surface area contributed by atoms with Gasteiger partial charge in [-0.05, 0) is 37.7 Å². The van der Waals surface area contributed by atoms with Crippen LogP contribution in [0.5, 0.6) is 0 Å². The van der Waals surface area contributed by atoms with Crippen molar-refractivity contribution in [2.24, 2.45) is 16.8 Å². The number of rotatable bonds is 8. The van der Waals surface area contributed by atoms with Gasteiger partial charge < -0.3 is 15.0 Å². The van der Waals surface area contributed by atoms with Crippen LogP contribution in [0.25, 0.3) is 0 Å². The Hall–Kier alpha value is -1.55. The van der Waals surface area contributed by atoms with Crippen LogP contribution in [0, 0.1) is 11.8 Å². The Morgan fingerprint density at radius 2 is 2.12 bits per heavy atom. The Balaban J connectivity index is 1.41. The number of hydrogen-bond donors (Lipinski definition) is 1. The van der Waals surface area contributed by atoms with Crippen molar-refractivity contribution in [3.05, 3.63) is 35.9 Å². The second-order valence-electron chi connectivity index (χ2n) is 7.43. The molecule has 1 saturated heterocycles. The van der Waals surface area contributed by atoms with Crippen molar-refractivity contribution in [2.45, 2.75) is 52.2 Å². The second-order valence-corrected chi connectivity index (χ2v) is 7.43. The van der Waals surface area contributed by atoms with Gasteiger partial charge in [0.15, 0.2) is 5.96 Å². The summed E-state index contributed by atoms with van der Waals surface area (Å²) in [7, 11) is 0. The van der Waals surface area contributed by atoms with Crippen LogP contribution in [0.2, 0.25) is 0 Å². The summed E-state index contributed by atoms with van der Waals surface area (Å²) in [6, 6.07) is 11.1. The molecule has 4 nitrogen and oxygen atoms in total. The molecule has 1 aromatic rings. The molecule has 1 saturated carbocycles. The standard InChI is InChI=1S/C21H33N3O/c1-3-8-19-13-20(19)23-21(22-4-2)24-12-11-18(14-24)16-25-15-17-9-6-5-7-10-17/h5-7,9-10,18-20H,3-4,8,11-16H2,1-2H3,(H,22,23). The van der Waals surface area contributed by atoms with Gasteiger partial charge in [0.05, 0.1) is 13.2 Å². The summed E-state index contributed by atoms with van der Waals surface area (Å²) in [5.74, 6) is 2.59. The maximum absolute atomic E-state index is 5.95. The van der Waals surface area contributed by atoms with E-state index in [-0.39, 0.29) is 0 Å². The van der Waals surface area contributed by atoms with Crippen LogP contribution >= 0.6 is 0 Å². The molecular weight excluding hydrogens is 310 g/mol. The van der Waals surface area contributed by atoms with Crippen LogP contribution in [-0.2, 0) is 11.3 Å². The summed E-state index contributed by atoms with van der Waals surface area (Å²) in [5.41, 5.74) is 1.25. The molecule has 1 aliphatic heterocycles. The zero-order valence-corrected chi connectivity index (χ0v) is 15.8. The van der Waals surface area contributed by atoms with Gasteiger partial charge in [0, 0.05) is 31.6 Å². The fourth-order valence-electron chi connectivity index (χ4n) is 3.75. The molecule has 0 bridgehead atoms. The molecule has 0 radical (unpaired) electrons. The molecule has 0 aromatic heterocycles. The molecule has 2 aliphatic rings. The number of nitrogens with zero attached hydrogens (tertiary/aromatic N) is 2. The van der Waals surface area contributed by atoms with E-state index in [4.69, 9.17) is 9.73 Å². The second kappa shape index (κ2) is 9.23. The van der Waals surface area contributed by atoms with Crippen molar-refractivity contribution < 1.29 is 4.74 Å². The van der Waals surface area contributed by atoms with Crippen LogP contribution in [0.3, 0.4) is 0 Å². The van der Waals surface area contributed by atoms with E-state index in [1.165, 1.54) is 31.2 Å². The topological polar surface area (TPSA) is 36.9 Å². The first-order chi connectivity index (χ1) is 12.3. The van der Waals surface area contributed by atoms with E-state index < -0.39 is 0 Å². The summed E-state index contributed by atoms with van der Waals surface area (Å²) in [6.45, 7) is 8.95. The zero-order valence-electron chi connectivity index (χ0n) is 15.8. The molecular formula is C21H33N3O. The molecule has 3 unspecified atom stereocenters. The molecule has 3 rings (SSSR count). The predicted molar refractivity (Wildman–Crippen MR) is 104 cm³/mol. The summed E-state index contributed by atoms with van der Waals surface area (Å²) in [6.07, 6.45) is 5.14. The van der Waals surface area contributed by atoms with Crippen molar-refractivity contribution >= 4 is 5.96 Å². The van der Waals surface area contributed by atoms with E-state index in [9.17, 15) is 0 Å². The largest absolute Gasteiger partial charge is 0.376 e. The van der Waals surface area contributed by atoms with Crippen LogP contribution in [0.4, 0.5) is 0 Å². The van der Waals surface area contributed by atoms with Crippen molar-refractivity contribution in [2.75, 3.05) is 26.2 Å². The quantitative estimate of drug-likeness (QED) is 0.578. The average molecular weight is 344 g/mol. The van der Waals surface area contributed by atoms with Gasteiger partial charge in [-0.2, -0.15) is 0 Å². The highest BCUT2D eigenvalue weighted by atomic mass is 16.5. The Labute approximate surface area is 152 Å². The fraction of sp³-hybridized carbons (Fsp3) is 0.667. The highest BCUT2D eigenvalue weighted by molar-refractivity contribution is 5.81. The van der Waals surface area contributed by atoms with Gasteiger partial charge in [-0.1, -0.05) is 43.7 Å². The minimum atomic E-state index is 0.609. The number of hydrogen-bond acceptors (Lipinski definition) is 2. The van der Waals surface area contributed by atoms with Crippen molar-refractivity contribution in [1.29, 1.82) is 0 Å². The Morgan fingerprint density at radius 3 is 2.88 bits per heavy atom. The summed E-state index contributed by atoms with van der Waals surface area (Å²) < 4.78 is 5.95. The number of nitrogens with one attached hydrogen (secondary N) is 1. The smallest absolute Gasteiger partial charge is 0.194 e. The van der Waals surface area contributed by atoms with Gasteiger partial charge in [0.1, 0.15) is 0 Å². The fourth-order valence-corrected chi connectivity index (χ4v) is 3.75. The lowest BCUT2D eigenvalue weighted by atomic mass is 10.1. The van der Waals surface area contributed by atoms with E-state index in [0.717, 1.165) is 38.1 Å². The summed E-state index contributed by atoms with van der Waals surface area (Å²) >= 11 is 0. The lowest BCUT2D eigenvalue weighted by molar-refractivity contribution is 0.0906. The first-order valence-corrected chi connectivity index (χ1v) is 9.97. The minimum Gasteiger partial charge on any atom is -0.376 e. The Morgan fingerprint density at radius 1 is 1.28 bits per heavy atom. The number of guanidine groups is 1. The van der Waals surface area contributed by atoms with E-state index >= 15 is 0 Å². The summed E-state index contributed by atoms with van der Waals surface area (Å²) in [4.78, 5) is 7.17. The van der Waals surface area contributed by atoms with E-state index in [0.29, 0.717) is 18.6 Å². The van der Waals surface area contributed by atoms with Crippen LogP contribution in [0.1, 0.15) is 45.1 Å². The Bertz CT molecular complexity index is 545.